The van der Waals surface area contributed by atoms with Gasteiger partial charge in [0, 0.05) is 4.88 Å². The third-order valence-electron chi connectivity index (χ3n) is 2.06. The van der Waals surface area contributed by atoms with Gasteiger partial charge in [-0.3, -0.25) is 0 Å². The Morgan fingerprint density at radius 1 is 1.21 bits per heavy atom. The molecule has 1 heterocycles. The molecule has 0 fully saturated rings. The molecule has 0 saturated heterocycles. The summed E-state index contributed by atoms with van der Waals surface area (Å²) >= 11 is 1.67. The lowest BCUT2D eigenvalue weighted by Crippen LogP contribution is -1.89. The van der Waals surface area contributed by atoms with Gasteiger partial charge in [0.05, 0.1) is 5.69 Å². The predicted molar refractivity (Wildman–Crippen MR) is 58.9 cm³/mol. The molecule has 0 atom stereocenters. The number of halogens is 1. The summed E-state index contributed by atoms with van der Waals surface area (Å²) in [5.41, 5.74) is 7.76. The summed E-state index contributed by atoms with van der Waals surface area (Å²) < 4.78 is 12.9. The minimum atomic E-state index is -0.360. The smallest absolute Gasteiger partial charge is 0.146 e. The van der Waals surface area contributed by atoms with Gasteiger partial charge in [-0.2, -0.15) is 0 Å². The summed E-state index contributed by atoms with van der Waals surface area (Å²) in [5, 5.41) is 2.04. The summed E-state index contributed by atoms with van der Waals surface area (Å²) in [6, 6.07) is 6.87. The molecule has 3 heteroatoms. The first-order valence-corrected chi connectivity index (χ1v) is 5.15. The summed E-state index contributed by atoms with van der Waals surface area (Å²) in [4.78, 5) is 1.24. The van der Waals surface area contributed by atoms with E-state index in [1.165, 1.54) is 10.9 Å². The molecule has 2 N–H and O–H groups in total. The molecule has 0 amide bonds. The summed E-state index contributed by atoms with van der Waals surface area (Å²) in [6.07, 6.45) is 0. The molecular formula is C11H10FNS. The second kappa shape index (κ2) is 3.42. The van der Waals surface area contributed by atoms with Crippen LogP contribution < -0.4 is 5.73 Å². The van der Waals surface area contributed by atoms with Crippen LogP contribution in [0, 0.1) is 12.7 Å². The van der Waals surface area contributed by atoms with Gasteiger partial charge in [-0.25, -0.2) is 4.39 Å². The monoisotopic (exact) mass is 207 g/mol. The van der Waals surface area contributed by atoms with E-state index in [1.807, 2.05) is 12.3 Å². The Morgan fingerprint density at radius 2 is 2.00 bits per heavy atom. The number of rotatable bonds is 1. The van der Waals surface area contributed by atoms with Gasteiger partial charge in [0.15, 0.2) is 0 Å². The third kappa shape index (κ3) is 1.63. The van der Waals surface area contributed by atoms with Crippen LogP contribution in [0.4, 0.5) is 10.1 Å². The van der Waals surface area contributed by atoms with Crippen molar-refractivity contribution in [3.63, 3.8) is 0 Å². The largest absolute Gasteiger partial charge is 0.396 e. The molecule has 2 aromatic rings. The maximum atomic E-state index is 12.9. The van der Waals surface area contributed by atoms with Crippen molar-refractivity contribution in [1.82, 2.24) is 0 Å². The zero-order valence-electron chi connectivity index (χ0n) is 7.75. The van der Waals surface area contributed by atoms with Gasteiger partial charge < -0.3 is 5.73 Å². The second-order valence-corrected chi connectivity index (χ2v) is 4.30. The maximum absolute atomic E-state index is 12.9. The van der Waals surface area contributed by atoms with E-state index in [2.05, 4.69) is 6.07 Å². The molecule has 0 aliphatic heterocycles. The van der Waals surface area contributed by atoms with Crippen LogP contribution >= 0.6 is 11.3 Å². The van der Waals surface area contributed by atoms with E-state index in [-0.39, 0.29) is 11.5 Å². The zero-order valence-corrected chi connectivity index (χ0v) is 8.57. The minimum Gasteiger partial charge on any atom is -0.396 e. The zero-order chi connectivity index (χ0) is 10.1. The maximum Gasteiger partial charge on any atom is 0.146 e. The second-order valence-electron chi connectivity index (χ2n) is 3.18. The lowest BCUT2D eigenvalue weighted by molar-refractivity contribution is 0.632. The Kier molecular flexibility index (Phi) is 2.25. The van der Waals surface area contributed by atoms with Crippen LogP contribution in [0.25, 0.3) is 11.1 Å². The van der Waals surface area contributed by atoms with Crippen molar-refractivity contribution in [3.05, 3.63) is 40.3 Å². The van der Waals surface area contributed by atoms with E-state index in [1.54, 1.807) is 23.5 Å². The summed E-state index contributed by atoms with van der Waals surface area (Å²) in [7, 11) is 0. The first-order valence-electron chi connectivity index (χ1n) is 4.27. The van der Waals surface area contributed by atoms with E-state index in [9.17, 15) is 4.39 Å². The molecule has 0 radical (unpaired) electrons. The Bertz CT molecular complexity index is 462. The van der Waals surface area contributed by atoms with Gasteiger partial charge in [-0.1, -0.05) is 6.07 Å². The highest BCUT2D eigenvalue weighted by Gasteiger charge is 2.03. The molecule has 1 nitrogen and oxygen atoms in total. The fourth-order valence-electron chi connectivity index (χ4n) is 1.32. The highest BCUT2D eigenvalue weighted by Crippen LogP contribution is 2.27. The molecule has 72 valence electrons. The summed E-state index contributed by atoms with van der Waals surface area (Å²) in [5.74, 6) is -0.360. The number of aryl methyl sites for hydroxylation is 1. The van der Waals surface area contributed by atoms with Gasteiger partial charge in [0.2, 0.25) is 0 Å². The normalized spacial score (nSPS) is 10.4. The highest BCUT2D eigenvalue weighted by atomic mass is 32.1. The number of nitrogen functional groups attached to an aromatic ring is 1. The molecule has 0 unspecified atom stereocenters. The molecule has 2 rings (SSSR count). The van der Waals surface area contributed by atoms with Gasteiger partial charge in [0.25, 0.3) is 0 Å². The van der Waals surface area contributed by atoms with Crippen molar-refractivity contribution < 1.29 is 4.39 Å². The SMILES string of the molecule is Cc1cc(-c2ccc(F)c(N)c2)cs1. The number of nitrogens with two attached hydrogens (primary N) is 1. The molecule has 0 aliphatic carbocycles. The average molecular weight is 207 g/mol. The highest BCUT2D eigenvalue weighted by molar-refractivity contribution is 7.10. The first kappa shape index (κ1) is 9.21. The lowest BCUT2D eigenvalue weighted by Gasteiger charge is -2.00. The summed E-state index contributed by atoms with van der Waals surface area (Å²) in [6.45, 7) is 2.04. The molecule has 1 aromatic heterocycles. The van der Waals surface area contributed by atoms with Crippen molar-refractivity contribution in [2.75, 3.05) is 5.73 Å². The Labute approximate surface area is 86.0 Å². The van der Waals surface area contributed by atoms with Crippen molar-refractivity contribution in [2.45, 2.75) is 6.92 Å². The van der Waals surface area contributed by atoms with Crippen LogP contribution in [-0.2, 0) is 0 Å². The van der Waals surface area contributed by atoms with Crippen molar-refractivity contribution in [2.24, 2.45) is 0 Å². The van der Waals surface area contributed by atoms with Crippen LogP contribution in [0.5, 0.6) is 0 Å². The van der Waals surface area contributed by atoms with Crippen molar-refractivity contribution in [3.8, 4) is 11.1 Å². The van der Waals surface area contributed by atoms with Crippen molar-refractivity contribution >= 4 is 17.0 Å². The standard InChI is InChI=1S/C11H10FNS/c1-7-4-9(6-14-7)8-2-3-10(12)11(13)5-8/h2-6H,13H2,1H3. The number of anilines is 1. The van der Waals surface area contributed by atoms with Crippen LogP contribution in [0.15, 0.2) is 29.6 Å². The fourth-order valence-corrected chi connectivity index (χ4v) is 2.03. The number of hydrogen-bond donors (Lipinski definition) is 1. The van der Waals surface area contributed by atoms with Crippen LogP contribution in [0.1, 0.15) is 4.88 Å². The number of thiophene rings is 1. The van der Waals surface area contributed by atoms with Gasteiger partial charge >= 0.3 is 0 Å². The van der Waals surface area contributed by atoms with Gasteiger partial charge in [-0.05, 0) is 41.6 Å². The Morgan fingerprint density at radius 3 is 2.57 bits per heavy atom. The molecule has 0 saturated carbocycles. The van der Waals surface area contributed by atoms with Crippen LogP contribution in [0.3, 0.4) is 0 Å². The van der Waals surface area contributed by atoms with E-state index < -0.39 is 0 Å². The van der Waals surface area contributed by atoms with E-state index in [0.29, 0.717) is 0 Å². The fraction of sp³-hybridized carbons (Fsp3) is 0.0909. The predicted octanol–water partition coefficient (Wildman–Crippen LogP) is 3.44. The number of hydrogen-bond acceptors (Lipinski definition) is 2. The van der Waals surface area contributed by atoms with Crippen LogP contribution in [0.2, 0.25) is 0 Å². The topological polar surface area (TPSA) is 26.0 Å². The van der Waals surface area contributed by atoms with Gasteiger partial charge in [0.1, 0.15) is 5.82 Å². The van der Waals surface area contributed by atoms with Crippen molar-refractivity contribution in [1.29, 1.82) is 0 Å². The minimum absolute atomic E-state index is 0.200. The molecule has 1 aromatic carbocycles. The Hall–Kier alpha value is -1.35. The molecule has 0 spiro atoms. The molecule has 0 aliphatic rings. The van der Waals surface area contributed by atoms with Crippen LogP contribution in [-0.4, -0.2) is 0 Å². The van der Waals surface area contributed by atoms with Gasteiger partial charge in [-0.15, -0.1) is 11.3 Å². The average Bonchev–Trinajstić information content (AvgIpc) is 2.57. The Balaban J connectivity index is 2.47. The quantitative estimate of drug-likeness (QED) is 0.712. The van der Waals surface area contributed by atoms with E-state index in [0.717, 1.165) is 11.1 Å². The molecule has 0 bridgehead atoms. The first-order chi connectivity index (χ1) is 6.66. The third-order valence-corrected chi connectivity index (χ3v) is 2.92. The molecular weight excluding hydrogens is 197 g/mol. The van der Waals surface area contributed by atoms with E-state index in [4.69, 9.17) is 5.73 Å². The molecule has 14 heavy (non-hydrogen) atoms. The number of benzene rings is 1. The van der Waals surface area contributed by atoms with E-state index >= 15 is 0 Å². The lowest BCUT2D eigenvalue weighted by atomic mass is 10.1.